The summed E-state index contributed by atoms with van der Waals surface area (Å²) < 4.78 is 13.6. The zero-order valence-corrected chi connectivity index (χ0v) is 13.3. The number of aromatic nitrogens is 2. The smallest absolute Gasteiger partial charge is 0.221 e. The monoisotopic (exact) mass is 347 g/mol. The lowest BCUT2D eigenvalue weighted by atomic mass is 10.1. The molecule has 3 rings (SSSR count). The Kier molecular flexibility index (Phi) is 4.45. The van der Waals surface area contributed by atoms with Gasteiger partial charge < -0.3 is 10.5 Å². The Morgan fingerprint density at radius 2 is 2.13 bits per heavy atom. The van der Waals surface area contributed by atoms with Crippen LogP contribution in [0.4, 0.5) is 4.39 Å². The summed E-state index contributed by atoms with van der Waals surface area (Å²) in [6.07, 6.45) is 4.21. The molecule has 7 heteroatoms. The number of thioether (sulfide) groups is 1. The minimum absolute atomic E-state index is 0.248. The third kappa shape index (κ3) is 3.13. The van der Waals surface area contributed by atoms with Gasteiger partial charge in [0.25, 0.3) is 0 Å². The summed E-state index contributed by atoms with van der Waals surface area (Å²) in [5.41, 5.74) is 1.14. The fourth-order valence-electron chi connectivity index (χ4n) is 2.18. The fraction of sp³-hybridized carbons (Fsp3) is 0.0625. The van der Waals surface area contributed by atoms with Crippen molar-refractivity contribution in [1.29, 1.82) is 5.41 Å². The second-order valence-electron chi connectivity index (χ2n) is 4.74. The van der Waals surface area contributed by atoms with Crippen molar-refractivity contribution in [2.24, 2.45) is 0 Å². The molecule has 116 valence electrons. The third-order valence-corrected chi connectivity index (χ3v) is 4.70. The molecule has 2 aromatic heterocycles. The molecule has 0 atom stereocenters. The Hall–Kier alpha value is -2.18. The summed E-state index contributed by atoms with van der Waals surface area (Å²) in [5, 5.41) is 19.6. The highest BCUT2D eigenvalue weighted by molar-refractivity contribution is 7.98. The zero-order chi connectivity index (χ0) is 16.4. The van der Waals surface area contributed by atoms with Crippen molar-refractivity contribution in [3.63, 3.8) is 0 Å². The first-order valence-electron chi connectivity index (χ1n) is 6.64. The largest absolute Gasteiger partial charge is 0.493 e. The molecular formula is C16H11ClFN3OS. The number of pyridine rings is 2. The molecule has 0 aliphatic carbocycles. The quantitative estimate of drug-likeness (QED) is 0.541. The number of hydrogen-bond donors (Lipinski definition) is 2. The van der Waals surface area contributed by atoms with Gasteiger partial charge in [0.2, 0.25) is 5.88 Å². The van der Waals surface area contributed by atoms with E-state index in [1.807, 2.05) is 0 Å². The normalized spacial score (nSPS) is 10.9. The number of benzene rings is 1. The summed E-state index contributed by atoms with van der Waals surface area (Å²) in [4.78, 5) is 8.03. The number of halogens is 2. The summed E-state index contributed by atoms with van der Waals surface area (Å²) in [5.74, 6) is -0.143. The van der Waals surface area contributed by atoms with Gasteiger partial charge in [0.1, 0.15) is 10.8 Å². The van der Waals surface area contributed by atoms with Crippen molar-refractivity contribution in [3.8, 4) is 5.88 Å². The summed E-state index contributed by atoms with van der Waals surface area (Å²) >= 11 is 7.41. The average molecular weight is 348 g/mol. The maximum absolute atomic E-state index is 13.6. The van der Waals surface area contributed by atoms with Gasteiger partial charge in [0.15, 0.2) is 0 Å². The number of fused-ring (bicyclic) bond motifs is 1. The number of nitrogens with one attached hydrogen (secondary N) is 1. The molecule has 0 saturated carbocycles. The van der Waals surface area contributed by atoms with Crippen LogP contribution >= 0.6 is 23.4 Å². The molecule has 2 heterocycles. The number of hydrogen-bond acceptors (Lipinski definition) is 5. The number of nitrogens with zero attached hydrogens (tertiary/aromatic N) is 2. The standard InChI is InChI=1S/C16H11ClFN3OS/c17-14-7-20-4-3-9(14)8-23-16-12-5-10(18)1-2-11(12)13(6-19)15(22)21-16/h1-7,19H,8H2,(H,21,22). The maximum atomic E-state index is 13.6. The first-order chi connectivity index (χ1) is 11.1. The van der Waals surface area contributed by atoms with E-state index in [2.05, 4.69) is 9.97 Å². The minimum Gasteiger partial charge on any atom is -0.493 e. The molecule has 0 aliphatic heterocycles. The van der Waals surface area contributed by atoms with Crippen molar-refractivity contribution in [1.82, 2.24) is 9.97 Å². The fourth-order valence-corrected chi connectivity index (χ4v) is 3.47. The predicted octanol–water partition coefficient (Wildman–Crippen LogP) is 4.42. The van der Waals surface area contributed by atoms with Crippen LogP contribution in [-0.4, -0.2) is 21.3 Å². The van der Waals surface area contributed by atoms with Crippen LogP contribution in [-0.2, 0) is 5.75 Å². The Bertz CT molecular complexity index is 904. The predicted molar refractivity (Wildman–Crippen MR) is 90.1 cm³/mol. The van der Waals surface area contributed by atoms with E-state index < -0.39 is 5.82 Å². The minimum atomic E-state index is -0.398. The van der Waals surface area contributed by atoms with E-state index in [0.29, 0.717) is 26.6 Å². The third-order valence-electron chi connectivity index (χ3n) is 3.32. The zero-order valence-electron chi connectivity index (χ0n) is 11.8. The Morgan fingerprint density at radius 3 is 2.87 bits per heavy atom. The lowest BCUT2D eigenvalue weighted by Crippen LogP contribution is -1.94. The van der Waals surface area contributed by atoms with Crippen LogP contribution in [0.15, 0.2) is 41.7 Å². The van der Waals surface area contributed by atoms with Gasteiger partial charge in [-0.25, -0.2) is 9.37 Å². The lowest BCUT2D eigenvalue weighted by molar-refractivity contribution is 0.449. The Labute approximate surface area is 140 Å². The topological polar surface area (TPSA) is 69.9 Å². The van der Waals surface area contributed by atoms with Crippen molar-refractivity contribution < 1.29 is 9.50 Å². The Balaban J connectivity index is 2.05. The molecule has 1 aromatic carbocycles. The molecule has 2 N–H and O–H groups in total. The van der Waals surface area contributed by atoms with Crippen LogP contribution < -0.4 is 0 Å². The number of aromatic hydroxyl groups is 1. The molecule has 0 amide bonds. The average Bonchev–Trinajstić information content (AvgIpc) is 2.54. The first-order valence-corrected chi connectivity index (χ1v) is 8.00. The highest BCUT2D eigenvalue weighted by Crippen LogP contribution is 2.34. The molecule has 0 unspecified atom stereocenters. The summed E-state index contributed by atoms with van der Waals surface area (Å²) in [7, 11) is 0. The van der Waals surface area contributed by atoms with Crippen LogP contribution in [0.2, 0.25) is 5.02 Å². The SMILES string of the molecule is N=Cc1c(O)nc(SCc2ccncc2Cl)c2cc(F)ccc12. The molecule has 0 radical (unpaired) electrons. The van der Waals surface area contributed by atoms with Crippen LogP contribution in [0.25, 0.3) is 10.8 Å². The van der Waals surface area contributed by atoms with Crippen molar-refractivity contribution >= 4 is 40.3 Å². The van der Waals surface area contributed by atoms with E-state index in [1.165, 1.54) is 30.0 Å². The van der Waals surface area contributed by atoms with Crippen molar-refractivity contribution in [2.75, 3.05) is 0 Å². The second kappa shape index (κ2) is 6.52. The first kappa shape index (κ1) is 15.7. The Morgan fingerprint density at radius 1 is 1.30 bits per heavy atom. The highest BCUT2D eigenvalue weighted by Gasteiger charge is 2.14. The molecule has 0 bridgehead atoms. The molecule has 4 nitrogen and oxygen atoms in total. The van der Waals surface area contributed by atoms with Crippen LogP contribution in [0.1, 0.15) is 11.1 Å². The molecule has 0 saturated heterocycles. The van der Waals surface area contributed by atoms with Gasteiger partial charge >= 0.3 is 0 Å². The van der Waals surface area contributed by atoms with E-state index in [4.69, 9.17) is 17.0 Å². The van der Waals surface area contributed by atoms with E-state index in [0.717, 1.165) is 11.8 Å². The summed E-state index contributed by atoms with van der Waals surface area (Å²) in [6, 6.07) is 5.98. The lowest BCUT2D eigenvalue weighted by Gasteiger charge is -2.10. The van der Waals surface area contributed by atoms with Gasteiger partial charge in [0.05, 0.1) is 10.6 Å². The van der Waals surface area contributed by atoms with E-state index in [-0.39, 0.29) is 11.4 Å². The van der Waals surface area contributed by atoms with Gasteiger partial charge in [-0.3, -0.25) is 4.98 Å². The van der Waals surface area contributed by atoms with Gasteiger partial charge in [-0.1, -0.05) is 17.7 Å². The van der Waals surface area contributed by atoms with Crippen LogP contribution in [0, 0.1) is 11.2 Å². The summed E-state index contributed by atoms with van der Waals surface area (Å²) in [6.45, 7) is 0. The van der Waals surface area contributed by atoms with Crippen LogP contribution in [0.5, 0.6) is 5.88 Å². The van der Waals surface area contributed by atoms with Gasteiger partial charge in [-0.05, 0) is 29.1 Å². The maximum Gasteiger partial charge on any atom is 0.221 e. The molecule has 3 aromatic rings. The van der Waals surface area contributed by atoms with E-state index in [9.17, 15) is 9.50 Å². The van der Waals surface area contributed by atoms with Gasteiger partial charge in [-0.15, -0.1) is 11.8 Å². The molecule has 0 aliphatic rings. The molecular weight excluding hydrogens is 337 g/mol. The molecule has 23 heavy (non-hydrogen) atoms. The second-order valence-corrected chi connectivity index (χ2v) is 6.12. The van der Waals surface area contributed by atoms with Gasteiger partial charge in [-0.2, -0.15) is 0 Å². The molecule has 0 fully saturated rings. The van der Waals surface area contributed by atoms with E-state index in [1.54, 1.807) is 18.5 Å². The highest BCUT2D eigenvalue weighted by atomic mass is 35.5. The number of rotatable bonds is 4. The van der Waals surface area contributed by atoms with Gasteiger partial charge in [0, 0.05) is 29.7 Å². The van der Waals surface area contributed by atoms with E-state index >= 15 is 0 Å². The van der Waals surface area contributed by atoms with Crippen molar-refractivity contribution in [3.05, 3.63) is 58.6 Å². The van der Waals surface area contributed by atoms with Crippen LogP contribution in [0.3, 0.4) is 0 Å². The molecule has 0 spiro atoms. The van der Waals surface area contributed by atoms with Crippen molar-refractivity contribution in [2.45, 2.75) is 10.8 Å².